The normalized spacial score (nSPS) is 11.4. The summed E-state index contributed by atoms with van der Waals surface area (Å²) >= 11 is 7.39. The van der Waals surface area contributed by atoms with E-state index in [1.54, 1.807) is 30.7 Å². The van der Waals surface area contributed by atoms with Crippen LogP contribution in [0, 0.1) is 0 Å². The standard InChI is InChI=1S/C30H21ClN6OS/c31-23-9-11-24(12-10-23)37-29(20-13-15-32-16-14-20)35-36-30(37)39-19-28(38)34-33-18-27-25-7-3-1-5-21(25)17-22-6-2-4-8-26(22)27/h1-18H,19H2,(H,34,38). The topological polar surface area (TPSA) is 85.1 Å². The molecule has 0 fully saturated rings. The Bertz CT molecular complexity index is 1770. The molecule has 0 aliphatic heterocycles. The summed E-state index contributed by atoms with van der Waals surface area (Å²) in [5.74, 6) is 0.496. The number of nitrogens with one attached hydrogen (secondary N) is 1. The maximum Gasteiger partial charge on any atom is 0.250 e. The number of benzene rings is 4. The Morgan fingerprint density at radius 3 is 2.26 bits per heavy atom. The van der Waals surface area contributed by atoms with E-state index in [1.807, 2.05) is 53.1 Å². The van der Waals surface area contributed by atoms with E-state index in [1.165, 1.54) is 11.8 Å². The van der Waals surface area contributed by atoms with E-state index in [9.17, 15) is 4.79 Å². The van der Waals surface area contributed by atoms with Crippen molar-refractivity contribution in [2.24, 2.45) is 5.10 Å². The monoisotopic (exact) mass is 548 g/mol. The molecule has 0 atom stereocenters. The summed E-state index contributed by atoms with van der Waals surface area (Å²) in [5, 5.41) is 18.6. The van der Waals surface area contributed by atoms with E-state index >= 15 is 0 Å². The first kappa shape index (κ1) is 24.8. The lowest BCUT2D eigenvalue weighted by atomic mass is 9.97. The Kier molecular flexibility index (Phi) is 7.03. The zero-order valence-electron chi connectivity index (χ0n) is 20.5. The third kappa shape index (κ3) is 5.25. The summed E-state index contributed by atoms with van der Waals surface area (Å²) in [6, 6.07) is 29.6. The first-order valence-corrected chi connectivity index (χ1v) is 13.5. The molecule has 0 spiro atoms. The van der Waals surface area contributed by atoms with Crippen LogP contribution in [0.3, 0.4) is 0 Å². The summed E-state index contributed by atoms with van der Waals surface area (Å²) in [7, 11) is 0. The number of aromatic nitrogens is 4. The van der Waals surface area contributed by atoms with Gasteiger partial charge in [0, 0.05) is 34.2 Å². The Morgan fingerprint density at radius 2 is 1.56 bits per heavy atom. The van der Waals surface area contributed by atoms with Gasteiger partial charge in [0.25, 0.3) is 5.91 Å². The van der Waals surface area contributed by atoms with Crippen molar-refractivity contribution in [3.8, 4) is 17.1 Å². The summed E-state index contributed by atoms with van der Waals surface area (Å²) in [4.78, 5) is 16.9. The molecule has 6 rings (SSSR count). The number of pyridine rings is 1. The predicted molar refractivity (Wildman–Crippen MR) is 158 cm³/mol. The average molecular weight is 549 g/mol. The SMILES string of the molecule is O=C(CSc1nnc(-c2ccncc2)n1-c1ccc(Cl)cc1)NN=Cc1c2ccccc2cc2ccccc12. The van der Waals surface area contributed by atoms with E-state index in [2.05, 4.69) is 56.0 Å². The number of fused-ring (bicyclic) bond motifs is 2. The highest BCUT2D eigenvalue weighted by atomic mass is 35.5. The first-order chi connectivity index (χ1) is 19.2. The minimum Gasteiger partial charge on any atom is -0.272 e. The molecule has 2 heterocycles. The van der Waals surface area contributed by atoms with Crippen molar-refractivity contribution in [3.05, 3.63) is 114 Å². The highest BCUT2D eigenvalue weighted by molar-refractivity contribution is 7.99. The molecule has 7 nitrogen and oxygen atoms in total. The van der Waals surface area contributed by atoms with Gasteiger partial charge in [-0.2, -0.15) is 5.10 Å². The van der Waals surface area contributed by atoms with Crippen LogP contribution in [-0.2, 0) is 4.79 Å². The molecule has 4 aromatic carbocycles. The van der Waals surface area contributed by atoms with Crippen LogP contribution in [0.15, 0.2) is 114 Å². The molecule has 9 heteroatoms. The van der Waals surface area contributed by atoms with Gasteiger partial charge in [-0.15, -0.1) is 10.2 Å². The van der Waals surface area contributed by atoms with Gasteiger partial charge >= 0.3 is 0 Å². The van der Waals surface area contributed by atoms with E-state index < -0.39 is 0 Å². The molecule has 6 aromatic rings. The number of carbonyl (C=O) groups excluding carboxylic acids is 1. The molecule has 39 heavy (non-hydrogen) atoms. The van der Waals surface area contributed by atoms with Gasteiger partial charge in [0.15, 0.2) is 11.0 Å². The fourth-order valence-electron chi connectivity index (χ4n) is 4.39. The molecule has 0 radical (unpaired) electrons. The van der Waals surface area contributed by atoms with Crippen LogP contribution in [0.4, 0.5) is 0 Å². The van der Waals surface area contributed by atoms with Crippen LogP contribution in [-0.4, -0.2) is 37.6 Å². The number of hydrazone groups is 1. The lowest BCUT2D eigenvalue weighted by molar-refractivity contribution is -0.118. The second kappa shape index (κ2) is 11.1. The molecule has 0 aliphatic rings. The number of amides is 1. The van der Waals surface area contributed by atoms with Crippen molar-refractivity contribution in [1.82, 2.24) is 25.2 Å². The molecule has 0 bridgehead atoms. The van der Waals surface area contributed by atoms with E-state index in [0.717, 1.165) is 38.4 Å². The molecule has 1 amide bonds. The fraction of sp³-hybridized carbons (Fsp3) is 0.0333. The van der Waals surface area contributed by atoms with Crippen molar-refractivity contribution < 1.29 is 4.79 Å². The Hall–Kier alpha value is -4.53. The van der Waals surface area contributed by atoms with E-state index in [-0.39, 0.29) is 11.7 Å². The first-order valence-electron chi connectivity index (χ1n) is 12.1. The number of halogens is 1. The molecular formula is C30H21ClN6OS. The van der Waals surface area contributed by atoms with Gasteiger partial charge in [-0.05, 0) is 64.0 Å². The third-order valence-corrected chi connectivity index (χ3v) is 7.37. The molecule has 0 unspecified atom stereocenters. The van der Waals surface area contributed by atoms with Crippen molar-refractivity contribution >= 4 is 57.0 Å². The Balaban J connectivity index is 1.22. The second-order valence-electron chi connectivity index (χ2n) is 8.67. The van der Waals surface area contributed by atoms with E-state index in [4.69, 9.17) is 11.6 Å². The van der Waals surface area contributed by atoms with Crippen LogP contribution in [0.5, 0.6) is 0 Å². The quantitative estimate of drug-likeness (QED) is 0.106. The highest BCUT2D eigenvalue weighted by Gasteiger charge is 2.17. The highest BCUT2D eigenvalue weighted by Crippen LogP contribution is 2.29. The van der Waals surface area contributed by atoms with Gasteiger partial charge in [-0.1, -0.05) is 71.9 Å². The molecule has 2 aromatic heterocycles. The minimum atomic E-state index is -0.253. The van der Waals surface area contributed by atoms with Crippen LogP contribution in [0.1, 0.15) is 5.56 Å². The van der Waals surface area contributed by atoms with Crippen molar-refractivity contribution in [1.29, 1.82) is 0 Å². The Labute approximate surface area is 233 Å². The predicted octanol–water partition coefficient (Wildman–Crippen LogP) is 6.53. The number of hydrogen-bond donors (Lipinski definition) is 1. The van der Waals surface area contributed by atoms with Gasteiger partial charge in [-0.25, -0.2) is 5.43 Å². The van der Waals surface area contributed by atoms with Gasteiger partial charge in [0.05, 0.1) is 12.0 Å². The van der Waals surface area contributed by atoms with Gasteiger partial charge in [0.2, 0.25) is 0 Å². The summed E-state index contributed by atoms with van der Waals surface area (Å²) in [6.07, 6.45) is 5.12. The van der Waals surface area contributed by atoms with E-state index in [0.29, 0.717) is 16.0 Å². The smallest absolute Gasteiger partial charge is 0.250 e. The molecule has 190 valence electrons. The molecule has 0 saturated heterocycles. The number of rotatable bonds is 7. The van der Waals surface area contributed by atoms with Gasteiger partial charge in [0.1, 0.15) is 0 Å². The van der Waals surface area contributed by atoms with Crippen LogP contribution < -0.4 is 5.43 Å². The van der Waals surface area contributed by atoms with Gasteiger partial charge < -0.3 is 0 Å². The fourth-order valence-corrected chi connectivity index (χ4v) is 5.26. The lowest BCUT2D eigenvalue weighted by Crippen LogP contribution is -2.20. The zero-order chi connectivity index (χ0) is 26.6. The van der Waals surface area contributed by atoms with Crippen molar-refractivity contribution in [2.45, 2.75) is 5.16 Å². The molecule has 1 N–H and O–H groups in total. The molecule has 0 aliphatic carbocycles. The van der Waals surface area contributed by atoms with Crippen LogP contribution in [0.2, 0.25) is 5.02 Å². The number of hydrogen-bond acceptors (Lipinski definition) is 6. The van der Waals surface area contributed by atoms with Gasteiger partial charge in [-0.3, -0.25) is 14.3 Å². The summed E-state index contributed by atoms with van der Waals surface area (Å²) in [5.41, 5.74) is 5.31. The summed E-state index contributed by atoms with van der Waals surface area (Å²) in [6.45, 7) is 0. The zero-order valence-corrected chi connectivity index (χ0v) is 22.1. The minimum absolute atomic E-state index is 0.107. The Morgan fingerprint density at radius 1 is 0.897 bits per heavy atom. The maximum absolute atomic E-state index is 12.8. The number of nitrogens with zero attached hydrogens (tertiary/aromatic N) is 5. The maximum atomic E-state index is 12.8. The molecular weight excluding hydrogens is 528 g/mol. The van der Waals surface area contributed by atoms with Crippen molar-refractivity contribution in [2.75, 3.05) is 5.75 Å². The summed E-state index contributed by atoms with van der Waals surface area (Å²) < 4.78 is 1.90. The van der Waals surface area contributed by atoms with Crippen LogP contribution >= 0.6 is 23.4 Å². The third-order valence-electron chi connectivity index (χ3n) is 6.18. The number of thioether (sulfide) groups is 1. The largest absolute Gasteiger partial charge is 0.272 e. The lowest BCUT2D eigenvalue weighted by Gasteiger charge is -2.10. The average Bonchev–Trinajstić information content (AvgIpc) is 3.40. The number of carbonyl (C=O) groups is 1. The molecule has 0 saturated carbocycles. The van der Waals surface area contributed by atoms with Crippen LogP contribution in [0.25, 0.3) is 38.6 Å². The van der Waals surface area contributed by atoms with Crippen molar-refractivity contribution in [3.63, 3.8) is 0 Å². The second-order valence-corrected chi connectivity index (χ2v) is 10.0.